The minimum absolute atomic E-state index is 0.177. The van der Waals surface area contributed by atoms with Crippen molar-refractivity contribution < 1.29 is 4.79 Å². The Balaban J connectivity index is 2.44. The number of rotatable bonds is 1. The Kier molecular flexibility index (Phi) is 2.19. The average molecular weight is 191 g/mol. The molecule has 0 saturated carbocycles. The van der Waals surface area contributed by atoms with Gasteiger partial charge in [0, 0.05) is 26.7 Å². The maximum absolute atomic E-state index is 11.5. The molecule has 4 heteroatoms. The van der Waals surface area contributed by atoms with E-state index in [1.54, 1.807) is 6.20 Å². The Hall–Kier alpha value is -1.45. The van der Waals surface area contributed by atoms with Gasteiger partial charge in [-0.05, 0) is 12.8 Å². The molecule has 0 unspecified atom stereocenters. The fourth-order valence-corrected chi connectivity index (χ4v) is 1.60. The summed E-state index contributed by atoms with van der Waals surface area (Å²) in [5.41, 5.74) is 1.61. The molecule has 0 N–H and O–H groups in total. The van der Waals surface area contributed by atoms with Crippen LogP contribution in [0.15, 0.2) is 6.20 Å². The fourth-order valence-electron chi connectivity index (χ4n) is 1.60. The van der Waals surface area contributed by atoms with Crippen molar-refractivity contribution in [1.29, 1.82) is 0 Å². The molecule has 0 atom stereocenters. The van der Waals surface area contributed by atoms with Crippen LogP contribution in [0.5, 0.6) is 0 Å². The molecule has 0 spiro atoms. The summed E-state index contributed by atoms with van der Waals surface area (Å²) < 4.78 is 0. The molecular formula is C10H13N3O. The number of hydrogen-bond donors (Lipinski definition) is 0. The van der Waals surface area contributed by atoms with Gasteiger partial charge in [-0.1, -0.05) is 0 Å². The second-order valence-corrected chi connectivity index (χ2v) is 3.70. The number of carbonyl (C=O) groups excluding carboxylic acids is 1. The number of nitrogens with zero attached hydrogens (tertiary/aromatic N) is 3. The Morgan fingerprint density at radius 2 is 2.14 bits per heavy atom. The van der Waals surface area contributed by atoms with Crippen LogP contribution in [-0.2, 0) is 6.42 Å². The predicted molar refractivity (Wildman–Crippen MR) is 53.6 cm³/mol. The molecule has 1 aromatic rings. The van der Waals surface area contributed by atoms with E-state index in [1.807, 2.05) is 19.0 Å². The van der Waals surface area contributed by atoms with Gasteiger partial charge < -0.3 is 4.90 Å². The molecule has 0 amide bonds. The molecule has 1 heterocycles. The van der Waals surface area contributed by atoms with Crippen molar-refractivity contribution in [3.8, 4) is 0 Å². The molecule has 0 saturated heterocycles. The van der Waals surface area contributed by atoms with E-state index in [0.717, 1.165) is 18.5 Å². The number of hydrogen-bond acceptors (Lipinski definition) is 4. The molecule has 4 nitrogen and oxygen atoms in total. The van der Waals surface area contributed by atoms with Crippen molar-refractivity contribution in [2.75, 3.05) is 19.0 Å². The molecular weight excluding hydrogens is 178 g/mol. The second-order valence-electron chi connectivity index (χ2n) is 3.70. The molecule has 1 aliphatic rings. The van der Waals surface area contributed by atoms with Crippen molar-refractivity contribution in [3.05, 3.63) is 17.5 Å². The molecule has 0 fully saturated rings. The standard InChI is InChI=1S/C10H13N3O/c1-13(2)10-11-6-7-8(12-10)4-3-5-9(7)14/h6H,3-5H2,1-2H3. The quantitative estimate of drug-likeness (QED) is 0.666. The van der Waals surface area contributed by atoms with E-state index in [2.05, 4.69) is 9.97 Å². The van der Waals surface area contributed by atoms with Gasteiger partial charge in [0.15, 0.2) is 5.78 Å². The van der Waals surface area contributed by atoms with E-state index < -0.39 is 0 Å². The van der Waals surface area contributed by atoms with E-state index in [9.17, 15) is 4.79 Å². The molecule has 1 aromatic heterocycles. The maximum atomic E-state index is 11.5. The van der Waals surface area contributed by atoms with Crippen LogP contribution in [0, 0.1) is 0 Å². The first kappa shape index (κ1) is 9.12. The Labute approximate surface area is 83.0 Å². The molecule has 0 aromatic carbocycles. The zero-order valence-electron chi connectivity index (χ0n) is 8.45. The number of ketones is 1. The lowest BCUT2D eigenvalue weighted by molar-refractivity contribution is 0.0971. The highest BCUT2D eigenvalue weighted by Crippen LogP contribution is 2.19. The molecule has 0 aliphatic heterocycles. The second kappa shape index (κ2) is 3.36. The van der Waals surface area contributed by atoms with Crippen LogP contribution in [0.25, 0.3) is 0 Å². The molecule has 0 radical (unpaired) electrons. The molecule has 2 rings (SSSR count). The van der Waals surface area contributed by atoms with Gasteiger partial charge in [-0.3, -0.25) is 4.79 Å². The van der Waals surface area contributed by atoms with Gasteiger partial charge in [-0.25, -0.2) is 9.97 Å². The number of aromatic nitrogens is 2. The summed E-state index contributed by atoms with van der Waals surface area (Å²) in [5.74, 6) is 0.856. The summed E-state index contributed by atoms with van der Waals surface area (Å²) in [6, 6.07) is 0. The van der Waals surface area contributed by atoms with Gasteiger partial charge in [0.05, 0.1) is 11.3 Å². The third kappa shape index (κ3) is 1.47. The summed E-state index contributed by atoms with van der Waals surface area (Å²) in [7, 11) is 3.79. The average Bonchev–Trinajstić information content (AvgIpc) is 2.17. The van der Waals surface area contributed by atoms with E-state index in [0.29, 0.717) is 17.9 Å². The molecule has 14 heavy (non-hydrogen) atoms. The summed E-state index contributed by atoms with van der Waals surface area (Å²) in [6.45, 7) is 0. The van der Waals surface area contributed by atoms with Crippen molar-refractivity contribution in [3.63, 3.8) is 0 Å². The lowest BCUT2D eigenvalue weighted by Crippen LogP contribution is -2.18. The van der Waals surface area contributed by atoms with Crippen LogP contribution in [0.2, 0.25) is 0 Å². The smallest absolute Gasteiger partial charge is 0.225 e. The lowest BCUT2D eigenvalue weighted by Gasteiger charge is -2.16. The minimum Gasteiger partial charge on any atom is -0.347 e. The summed E-state index contributed by atoms with van der Waals surface area (Å²) in [4.78, 5) is 21.8. The Morgan fingerprint density at radius 1 is 1.36 bits per heavy atom. The monoisotopic (exact) mass is 191 g/mol. The first-order valence-electron chi connectivity index (χ1n) is 4.75. The van der Waals surface area contributed by atoms with Gasteiger partial charge >= 0.3 is 0 Å². The molecule has 1 aliphatic carbocycles. The number of Topliss-reactive ketones (excluding diaryl/α,β-unsaturated/α-hetero) is 1. The van der Waals surface area contributed by atoms with Gasteiger partial charge in [-0.15, -0.1) is 0 Å². The first-order valence-corrected chi connectivity index (χ1v) is 4.75. The van der Waals surface area contributed by atoms with Crippen LogP contribution in [0.3, 0.4) is 0 Å². The van der Waals surface area contributed by atoms with Crippen molar-refractivity contribution in [2.45, 2.75) is 19.3 Å². The lowest BCUT2D eigenvalue weighted by atomic mass is 9.96. The van der Waals surface area contributed by atoms with Gasteiger partial charge in [-0.2, -0.15) is 0 Å². The van der Waals surface area contributed by atoms with Crippen molar-refractivity contribution in [1.82, 2.24) is 9.97 Å². The SMILES string of the molecule is CN(C)c1ncc2c(n1)CCCC2=O. The van der Waals surface area contributed by atoms with Gasteiger partial charge in [0.25, 0.3) is 0 Å². The summed E-state index contributed by atoms with van der Waals surface area (Å²) in [5, 5.41) is 0. The topological polar surface area (TPSA) is 46.1 Å². The third-order valence-electron chi connectivity index (χ3n) is 2.37. The van der Waals surface area contributed by atoms with Crippen molar-refractivity contribution >= 4 is 11.7 Å². The first-order chi connectivity index (χ1) is 6.68. The zero-order valence-corrected chi connectivity index (χ0v) is 8.45. The van der Waals surface area contributed by atoms with Crippen LogP contribution < -0.4 is 4.90 Å². The van der Waals surface area contributed by atoms with E-state index in [1.165, 1.54) is 0 Å². The highest BCUT2D eigenvalue weighted by Gasteiger charge is 2.19. The van der Waals surface area contributed by atoms with E-state index >= 15 is 0 Å². The van der Waals surface area contributed by atoms with E-state index in [-0.39, 0.29) is 5.78 Å². The summed E-state index contributed by atoms with van der Waals surface area (Å²) in [6.07, 6.45) is 4.09. The normalized spacial score (nSPS) is 15.1. The zero-order chi connectivity index (χ0) is 10.1. The maximum Gasteiger partial charge on any atom is 0.225 e. The number of fused-ring (bicyclic) bond motifs is 1. The van der Waals surface area contributed by atoms with Gasteiger partial charge in [0.2, 0.25) is 5.95 Å². The Morgan fingerprint density at radius 3 is 2.86 bits per heavy atom. The van der Waals surface area contributed by atoms with Crippen LogP contribution >= 0.6 is 0 Å². The molecule has 0 bridgehead atoms. The Bertz CT molecular complexity index is 374. The number of carbonyl (C=O) groups is 1. The van der Waals surface area contributed by atoms with Crippen LogP contribution in [0.4, 0.5) is 5.95 Å². The fraction of sp³-hybridized carbons (Fsp3) is 0.500. The molecule has 74 valence electrons. The number of aryl methyl sites for hydroxylation is 1. The van der Waals surface area contributed by atoms with Crippen LogP contribution in [-0.4, -0.2) is 29.8 Å². The largest absolute Gasteiger partial charge is 0.347 e. The highest BCUT2D eigenvalue weighted by atomic mass is 16.1. The van der Waals surface area contributed by atoms with Crippen LogP contribution in [0.1, 0.15) is 28.9 Å². The highest BCUT2D eigenvalue weighted by molar-refractivity contribution is 5.97. The van der Waals surface area contributed by atoms with E-state index in [4.69, 9.17) is 0 Å². The summed E-state index contributed by atoms with van der Waals surface area (Å²) >= 11 is 0. The van der Waals surface area contributed by atoms with Crippen molar-refractivity contribution in [2.24, 2.45) is 0 Å². The number of anilines is 1. The minimum atomic E-state index is 0.177. The predicted octanol–water partition coefficient (Wildman–Crippen LogP) is 1.06. The van der Waals surface area contributed by atoms with Gasteiger partial charge in [0.1, 0.15) is 0 Å². The third-order valence-corrected chi connectivity index (χ3v) is 2.37.